The monoisotopic (exact) mass is 247 g/mol. The summed E-state index contributed by atoms with van der Waals surface area (Å²) in [5.74, 6) is 6.00. The quantitative estimate of drug-likeness (QED) is 0.564. The minimum Gasteiger partial charge on any atom is -0.349 e. The Bertz CT molecular complexity index is 441. The number of benzene rings is 1. The molecule has 1 aliphatic carbocycles. The molecular weight excluding hydrogens is 226 g/mol. The van der Waals surface area contributed by atoms with Gasteiger partial charge in [0.25, 0.3) is 5.91 Å². The van der Waals surface area contributed by atoms with Gasteiger partial charge in [-0.25, -0.2) is 0 Å². The zero-order valence-electron chi connectivity index (χ0n) is 11.0. The highest BCUT2D eigenvalue weighted by molar-refractivity contribution is 5.96. The SMILES string of the molecule is Cc1cc(NN)ccc1C(=O)NC(C)C1CCC1. The van der Waals surface area contributed by atoms with Gasteiger partial charge in [0.1, 0.15) is 0 Å². The molecule has 1 unspecified atom stereocenters. The summed E-state index contributed by atoms with van der Waals surface area (Å²) in [6, 6.07) is 5.77. The second-order valence-electron chi connectivity index (χ2n) is 5.13. The van der Waals surface area contributed by atoms with E-state index in [-0.39, 0.29) is 11.9 Å². The molecular formula is C14H21N3O. The number of aryl methyl sites for hydroxylation is 1. The molecule has 4 heteroatoms. The molecule has 4 N–H and O–H groups in total. The summed E-state index contributed by atoms with van der Waals surface area (Å²) in [6.45, 7) is 4.01. The first-order chi connectivity index (χ1) is 8.61. The molecule has 1 fully saturated rings. The van der Waals surface area contributed by atoms with Crippen LogP contribution in [-0.2, 0) is 0 Å². The number of nitrogens with one attached hydrogen (secondary N) is 2. The maximum Gasteiger partial charge on any atom is 0.251 e. The minimum absolute atomic E-state index is 0.00970. The number of rotatable bonds is 4. The average molecular weight is 247 g/mol. The highest BCUT2D eigenvalue weighted by Crippen LogP contribution is 2.29. The van der Waals surface area contributed by atoms with E-state index in [1.54, 1.807) is 0 Å². The topological polar surface area (TPSA) is 67.1 Å². The lowest BCUT2D eigenvalue weighted by Crippen LogP contribution is -2.40. The number of amides is 1. The number of nitrogen functional groups attached to an aromatic ring is 1. The first kappa shape index (κ1) is 12.9. The van der Waals surface area contributed by atoms with Crippen LogP contribution < -0.4 is 16.6 Å². The van der Waals surface area contributed by atoms with Gasteiger partial charge in [0.15, 0.2) is 0 Å². The Morgan fingerprint density at radius 3 is 2.67 bits per heavy atom. The highest BCUT2D eigenvalue weighted by Gasteiger charge is 2.25. The van der Waals surface area contributed by atoms with Crippen LogP contribution in [0.3, 0.4) is 0 Å². The standard InChI is InChI=1S/C14H21N3O/c1-9-8-12(17-15)6-7-13(9)14(18)16-10(2)11-4-3-5-11/h6-8,10-11,17H,3-5,15H2,1-2H3,(H,16,18). The van der Waals surface area contributed by atoms with E-state index in [1.807, 2.05) is 25.1 Å². The predicted molar refractivity (Wildman–Crippen MR) is 73.3 cm³/mol. The van der Waals surface area contributed by atoms with Crippen molar-refractivity contribution in [1.82, 2.24) is 5.32 Å². The summed E-state index contributed by atoms with van der Waals surface area (Å²) in [6.07, 6.45) is 3.76. The van der Waals surface area contributed by atoms with Crippen molar-refractivity contribution >= 4 is 11.6 Å². The maximum absolute atomic E-state index is 12.2. The van der Waals surface area contributed by atoms with Crippen molar-refractivity contribution in [2.75, 3.05) is 5.43 Å². The van der Waals surface area contributed by atoms with E-state index in [9.17, 15) is 4.79 Å². The number of nitrogens with two attached hydrogens (primary N) is 1. The van der Waals surface area contributed by atoms with Crippen LogP contribution in [0.1, 0.15) is 42.1 Å². The molecule has 4 nitrogen and oxygen atoms in total. The normalized spacial score (nSPS) is 16.8. The zero-order chi connectivity index (χ0) is 13.1. The molecule has 0 aliphatic heterocycles. The second-order valence-corrected chi connectivity index (χ2v) is 5.13. The molecule has 0 bridgehead atoms. The van der Waals surface area contributed by atoms with Gasteiger partial charge in [0, 0.05) is 17.3 Å². The average Bonchev–Trinajstić information content (AvgIpc) is 2.25. The number of hydrogen-bond acceptors (Lipinski definition) is 3. The molecule has 0 spiro atoms. The summed E-state index contributed by atoms with van der Waals surface area (Å²) in [4.78, 5) is 12.2. The number of carbonyl (C=O) groups excluding carboxylic acids is 1. The largest absolute Gasteiger partial charge is 0.349 e. The van der Waals surface area contributed by atoms with Crippen LogP contribution in [0.5, 0.6) is 0 Å². The van der Waals surface area contributed by atoms with Crippen molar-refractivity contribution < 1.29 is 4.79 Å². The zero-order valence-corrected chi connectivity index (χ0v) is 11.0. The predicted octanol–water partition coefficient (Wildman–Crippen LogP) is 2.20. The highest BCUT2D eigenvalue weighted by atomic mass is 16.1. The van der Waals surface area contributed by atoms with E-state index in [1.165, 1.54) is 19.3 Å². The first-order valence-electron chi connectivity index (χ1n) is 6.50. The van der Waals surface area contributed by atoms with Crippen LogP contribution >= 0.6 is 0 Å². The van der Waals surface area contributed by atoms with Gasteiger partial charge in [-0.15, -0.1) is 0 Å². The van der Waals surface area contributed by atoms with Gasteiger partial charge in [-0.2, -0.15) is 0 Å². The minimum atomic E-state index is 0.00970. The molecule has 0 aromatic heterocycles. The molecule has 0 radical (unpaired) electrons. The van der Waals surface area contributed by atoms with Crippen LogP contribution in [0.2, 0.25) is 0 Å². The molecule has 0 saturated heterocycles. The van der Waals surface area contributed by atoms with Crippen LogP contribution in [-0.4, -0.2) is 11.9 Å². The maximum atomic E-state index is 12.2. The lowest BCUT2D eigenvalue weighted by Gasteiger charge is -2.32. The molecule has 1 aromatic carbocycles. The smallest absolute Gasteiger partial charge is 0.251 e. The van der Waals surface area contributed by atoms with Crippen molar-refractivity contribution in [2.45, 2.75) is 39.2 Å². The molecule has 1 saturated carbocycles. The third-order valence-corrected chi connectivity index (χ3v) is 3.85. The Hall–Kier alpha value is -1.55. The lowest BCUT2D eigenvalue weighted by molar-refractivity contribution is 0.0908. The molecule has 98 valence electrons. The van der Waals surface area contributed by atoms with Crippen molar-refractivity contribution in [3.8, 4) is 0 Å². The summed E-state index contributed by atoms with van der Waals surface area (Å²) >= 11 is 0. The van der Waals surface area contributed by atoms with Crippen LogP contribution in [0.25, 0.3) is 0 Å². The van der Waals surface area contributed by atoms with Crippen molar-refractivity contribution in [2.24, 2.45) is 11.8 Å². The van der Waals surface area contributed by atoms with E-state index in [0.717, 1.165) is 16.8 Å². The van der Waals surface area contributed by atoms with Gasteiger partial charge in [-0.3, -0.25) is 10.6 Å². The fourth-order valence-electron chi connectivity index (χ4n) is 2.35. The van der Waals surface area contributed by atoms with Gasteiger partial charge in [0.05, 0.1) is 0 Å². The van der Waals surface area contributed by atoms with E-state index in [2.05, 4.69) is 17.7 Å². The molecule has 1 amide bonds. The van der Waals surface area contributed by atoms with Gasteiger partial charge >= 0.3 is 0 Å². The molecule has 1 aliphatic rings. The van der Waals surface area contributed by atoms with Gasteiger partial charge < -0.3 is 10.7 Å². The van der Waals surface area contributed by atoms with E-state index in [4.69, 9.17) is 5.84 Å². The number of anilines is 1. The summed E-state index contributed by atoms with van der Waals surface area (Å²) < 4.78 is 0. The molecule has 1 aromatic rings. The van der Waals surface area contributed by atoms with Crippen LogP contribution in [0, 0.1) is 12.8 Å². The molecule has 1 atom stereocenters. The van der Waals surface area contributed by atoms with Crippen molar-refractivity contribution in [3.63, 3.8) is 0 Å². The Labute approximate surface area is 108 Å². The fraction of sp³-hybridized carbons (Fsp3) is 0.500. The van der Waals surface area contributed by atoms with E-state index < -0.39 is 0 Å². The molecule has 0 heterocycles. The Morgan fingerprint density at radius 2 is 2.17 bits per heavy atom. The number of hydrogen-bond donors (Lipinski definition) is 3. The summed E-state index contributed by atoms with van der Waals surface area (Å²) in [5.41, 5.74) is 5.05. The van der Waals surface area contributed by atoms with E-state index in [0.29, 0.717) is 5.92 Å². The third kappa shape index (κ3) is 2.64. The van der Waals surface area contributed by atoms with Crippen molar-refractivity contribution in [3.05, 3.63) is 29.3 Å². The van der Waals surface area contributed by atoms with Gasteiger partial charge in [-0.05, 0) is 56.4 Å². The summed E-state index contributed by atoms with van der Waals surface area (Å²) in [7, 11) is 0. The van der Waals surface area contributed by atoms with Crippen LogP contribution in [0.15, 0.2) is 18.2 Å². The van der Waals surface area contributed by atoms with Gasteiger partial charge in [-0.1, -0.05) is 6.42 Å². The van der Waals surface area contributed by atoms with Gasteiger partial charge in [0.2, 0.25) is 0 Å². The van der Waals surface area contributed by atoms with Crippen LogP contribution in [0.4, 0.5) is 5.69 Å². The Balaban J connectivity index is 2.03. The fourth-order valence-corrected chi connectivity index (χ4v) is 2.35. The Morgan fingerprint density at radius 1 is 1.44 bits per heavy atom. The third-order valence-electron chi connectivity index (χ3n) is 3.85. The Kier molecular flexibility index (Phi) is 3.87. The second kappa shape index (κ2) is 5.40. The van der Waals surface area contributed by atoms with Crippen molar-refractivity contribution in [1.29, 1.82) is 0 Å². The number of hydrazine groups is 1. The lowest BCUT2D eigenvalue weighted by atomic mass is 9.80. The summed E-state index contributed by atoms with van der Waals surface area (Å²) in [5, 5.41) is 3.09. The van der Waals surface area contributed by atoms with E-state index >= 15 is 0 Å². The molecule has 18 heavy (non-hydrogen) atoms. The number of carbonyl (C=O) groups is 1. The molecule has 2 rings (SSSR count). The first-order valence-corrected chi connectivity index (χ1v) is 6.50.